The fourth-order valence-electron chi connectivity index (χ4n) is 5.42. The van der Waals surface area contributed by atoms with Gasteiger partial charge in [-0.2, -0.15) is 0 Å². The Labute approximate surface area is 227 Å². The van der Waals surface area contributed by atoms with E-state index in [9.17, 15) is 0 Å². The van der Waals surface area contributed by atoms with Crippen LogP contribution in [0.3, 0.4) is 0 Å². The van der Waals surface area contributed by atoms with Crippen molar-refractivity contribution < 1.29 is 0 Å². The Hall–Kier alpha value is -3.87. The van der Waals surface area contributed by atoms with Crippen molar-refractivity contribution in [3.8, 4) is 11.3 Å². The number of fused-ring (bicyclic) bond motifs is 3. The smallest absolute Gasteiger partial charge is 0.112 e. The van der Waals surface area contributed by atoms with E-state index < -0.39 is 16.1 Å². The molecule has 0 saturated heterocycles. The van der Waals surface area contributed by atoms with E-state index in [0.29, 0.717) is 0 Å². The van der Waals surface area contributed by atoms with Crippen LogP contribution < -0.4 is 20.7 Å². The van der Waals surface area contributed by atoms with Gasteiger partial charge in [0.15, 0.2) is 0 Å². The van der Waals surface area contributed by atoms with E-state index in [1.165, 1.54) is 26.3 Å². The number of nitrogens with zero attached hydrogens (tertiary/aromatic N) is 2. The number of benzene rings is 4. The van der Waals surface area contributed by atoms with Gasteiger partial charge in [0.05, 0.1) is 16.7 Å². The summed E-state index contributed by atoms with van der Waals surface area (Å²) in [5.41, 5.74) is 4.13. The van der Waals surface area contributed by atoms with Crippen molar-refractivity contribution in [2.24, 2.45) is 0 Å². The van der Waals surface area contributed by atoms with Crippen LogP contribution in [0.2, 0.25) is 26.2 Å². The van der Waals surface area contributed by atoms with E-state index in [1.54, 1.807) is 0 Å². The molecule has 0 spiro atoms. The predicted octanol–water partition coefficient (Wildman–Crippen LogP) is 6.10. The maximum Gasteiger partial charge on any atom is 0.112 e. The molecule has 0 radical (unpaired) electrons. The van der Waals surface area contributed by atoms with Crippen molar-refractivity contribution in [2.45, 2.75) is 26.2 Å². The van der Waals surface area contributed by atoms with Gasteiger partial charge in [0.1, 0.15) is 16.1 Å². The van der Waals surface area contributed by atoms with Crippen LogP contribution in [0.5, 0.6) is 0 Å². The van der Waals surface area contributed by atoms with Crippen molar-refractivity contribution in [3.63, 3.8) is 0 Å². The molecule has 0 saturated carbocycles. The third-order valence-corrected chi connectivity index (χ3v) is 15.1. The van der Waals surface area contributed by atoms with Gasteiger partial charge < -0.3 is 0 Å². The molecule has 4 heteroatoms. The molecule has 0 aliphatic rings. The Morgan fingerprint density at radius 2 is 1.00 bits per heavy atom. The molecule has 0 aliphatic carbocycles. The standard InChI is InChI=1S/C34H32N2Si2/c1-37(2,28-13-7-5-8-14-28)30-22-27(23-31(24-30)38(3,4)29-15-9-6-10-16-29)32-20-19-26-18-17-25-12-11-21-35-33(25)34(26)36-32/h5-24H,1-4H3. The highest BCUT2D eigenvalue weighted by Gasteiger charge is 2.31. The second-order valence-corrected chi connectivity index (χ2v) is 20.0. The molecule has 6 rings (SSSR count). The van der Waals surface area contributed by atoms with Gasteiger partial charge in [0.25, 0.3) is 0 Å². The minimum Gasteiger partial charge on any atom is -0.254 e. The summed E-state index contributed by atoms with van der Waals surface area (Å²) in [6, 6.07) is 42.1. The maximum atomic E-state index is 5.23. The predicted molar refractivity (Wildman–Crippen MR) is 169 cm³/mol. The minimum atomic E-state index is -1.95. The lowest BCUT2D eigenvalue weighted by Gasteiger charge is -2.29. The molecular weight excluding hydrogens is 493 g/mol. The molecule has 0 fully saturated rings. The first kappa shape index (κ1) is 24.5. The van der Waals surface area contributed by atoms with Gasteiger partial charge in [-0.25, -0.2) is 4.98 Å². The summed E-state index contributed by atoms with van der Waals surface area (Å²) in [5.74, 6) is 0. The molecule has 0 atom stereocenters. The van der Waals surface area contributed by atoms with E-state index >= 15 is 0 Å². The fourth-order valence-corrected chi connectivity index (χ4v) is 10.4. The van der Waals surface area contributed by atoms with Gasteiger partial charge >= 0.3 is 0 Å². The molecule has 4 aromatic carbocycles. The molecule has 2 heterocycles. The molecule has 6 aromatic rings. The largest absolute Gasteiger partial charge is 0.254 e. The van der Waals surface area contributed by atoms with Crippen LogP contribution in [0.1, 0.15) is 0 Å². The van der Waals surface area contributed by atoms with Crippen molar-refractivity contribution in [1.82, 2.24) is 9.97 Å². The first-order chi connectivity index (χ1) is 18.3. The summed E-state index contributed by atoms with van der Waals surface area (Å²) < 4.78 is 0. The molecule has 186 valence electrons. The Morgan fingerprint density at radius 3 is 1.58 bits per heavy atom. The van der Waals surface area contributed by atoms with Gasteiger partial charge in [-0.15, -0.1) is 0 Å². The highest BCUT2D eigenvalue weighted by atomic mass is 28.3. The molecule has 0 N–H and O–H groups in total. The minimum absolute atomic E-state index is 0.959. The summed E-state index contributed by atoms with van der Waals surface area (Å²) in [6.07, 6.45) is 1.86. The van der Waals surface area contributed by atoms with Crippen molar-refractivity contribution in [1.29, 1.82) is 0 Å². The molecule has 0 bridgehead atoms. The number of rotatable bonds is 5. The SMILES string of the molecule is C[Si](C)(c1ccccc1)c1cc(-c2ccc3ccc4cccnc4c3n2)cc([Si](C)(C)c2ccccc2)c1. The average Bonchev–Trinajstić information content (AvgIpc) is 2.97. The first-order valence-corrected chi connectivity index (χ1v) is 19.3. The van der Waals surface area contributed by atoms with Crippen LogP contribution >= 0.6 is 0 Å². The molecule has 0 unspecified atom stereocenters. The van der Waals surface area contributed by atoms with E-state index in [0.717, 1.165) is 27.5 Å². The third kappa shape index (κ3) is 4.30. The number of hydrogen-bond donors (Lipinski definition) is 0. The van der Waals surface area contributed by atoms with Crippen LogP contribution in [0.4, 0.5) is 0 Å². The zero-order valence-electron chi connectivity index (χ0n) is 22.4. The Balaban J connectivity index is 1.59. The topological polar surface area (TPSA) is 25.8 Å². The number of pyridine rings is 2. The van der Waals surface area contributed by atoms with Crippen LogP contribution in [0, 0.1) is 0 Å². The summed E-state index contributed by atoms with van der Waals surface area (Å²) in [5, 5.41) is 8.04. The van der Waals surface area contributed by atoms with E-state index in [-0.39, 0.29) is 0 Å². The summed E-state index contributed by atoms with van der Waals surface area (Å²) in [7, 11) is -3.89. The lowest BCUT2D eigenvalue weighted by Crippen LogP contribution is -2.58. The van der Waals surface area contributed by atoms with Crippen molar-refractivity contribution >= 4 is 58.7 Å². The Bertz CT molecular complexity index is 1690. The fraction of sp³-hybridized carbons (Fsp3) is 0.118. The van der Waals surface area contributed by atoms with Crippen LogP contribution in [0.15, 0.2) is 121 Å². The van der Waals surface area contributed by atoms with Gasteiger partial charge in [0, 0.05) is 17.0 Å². The zero-order chi connectivity index (χ0) is 26.3. The zero-order valence-corrected chi connectivity index (χ0v) is 24.4. The monoisotopic (exact) mass is 524 g/mol. The number of aromatic nitrogens is 2. The molecule has 2 nitrogen and oxygen atoms in total. The van der Waals surface area contributed by atoms with E-state index in [4.69, 9.17) is 4.98 Å². The second-order valence-electron chi connectivity index (χ2n) is 11.2. The second kappa shape index (κ2) is 9.46. The van der Waals surface area contributed by atoms with Crippen LogP contribution in [-0.2, 0) is 0 Å². The molecular formula is C34H32N2Si2. The van der Waals surface area contributed by atoms with E-state index in [2.05, 4.69) is 140 Å². The third-order valence-electron chi connectivity index (χ3n) is 8.10. The summed E-state index contributed by atoms with van der Waals surface area (Å²) in [6.45, 7) is 9.86. The maximum absolute atomic E-state index is 5.23. The van der Waals surface area contributed by atoms with Gasteiger partial charge in [0.2, 0.25) is 0 Å². The first-order valence-electron chi connectivity index (χ1n) is 13.3. The molecule has 0 amide bonds. The normalized spacial score (nSPS) is 12.2. The Kier molecular flexibility index (Phi) is 6.09. The lowest BCUT2D eigenvalue weighted by atomic mass is 10.1. The van der Waals surface area contributed by atoms with Crippen LogP contribution in [-0.4, -0.2) is 26.1 Å². The van der Waals surface area contributed by atoms with Gasteiger partial charge in [-0.1, -0.05) is 150 Å². The average molecular weight is 525 g/mol. The lowest BCUT2D eigenvalue weighted by molar-refractivity contribution is 1.37. The molecule has 38 heavy (non-hydrogen) atoms. The van der Waals surface area contributed by atoms with Crippen molar-refractivity contribution in [2.75, 3.05) is 0 Å². The van der Waals surface area contributed by atoms with Gasteiger partial charge in [-0.05, 0) is 17.7 Å². The van der Waals surface area contributed by atoms with Gasteiger partial charge in [-0.3, -0.25) is 4.98 Å². The molecule has 0 aliphatic heterocycles. The highest BCUT2D eigenvalue weighted by Crippen LogP contribution is 2.26. The van der Waals surface area contributed by atoms with Crippen LogP contribution in [0.25, 0.3) is 33.1 Å². The summed E-state index contributed by atoms with van der Waals surface area (Å²) in [4.78, 5) is 9.92. The van der Waals surface area contributed by atoms with Crippen molar-refractivity contribution in [3.05, 3.63) is 121 Å². The highest BCUT2D eigenvalue weighted by molar-refractivity contribution is 7.03. The molecule has 2 aromatic heterocycles. The van der Waals surface area contributed by atoms with E-state index in [1.807, 2.05) is 12.3 Å². The quantitative estimate of drug-likeness (QED) is 0.201. The Morgan fingerprint density at radius 1 is 0.474 bits per heavy atom. The summed E-state index contributed by atoms with van der Waals surface area (Å²) >= 11 is 0. The number of hydrogen-bond acceptors (Lipinski definition) is 2.